The number of benzene rings is 2. The van der Waals surface area contributed by atoms with Gasteiger partial charge in [-0.15, -0.1) is 22.3 Å². The number of carbonyl (C=O) groups excluding carboxylic acids is 4. The van der Waals surface area contributed by atoms with Crippen LogP contribution >= 0.6 is 0 Å². The molecule has 10 heteroatoms. The molecule has 2 aromatic rings. The van der Waals surface area contributed by atoms with Crippen LogP contribution in [0.25, 0.3) is 0 Å². The summed E-state index contributed by atoms with van der Waals surface area (Å²) in [6, 6.07) is 0. The van der Waals surface area contributed by atoms with Gasteiger partial charge in [-0.1, -0.05) is 36.3 Å². The van der Waals surface area contributed by atoms with E-state index in [0.29, 0.717) is 11.4 Å². The first-order valence-corrected chi connectivity index (χ1v) is 10.9. The van der Waals surface area contributed by atoms with E-state index in [1.165, 1.54) is 12.6 Å². The topological polar surface area (TPSA) is 92.3 Å². The van der Waals surface area contributed by atoms with Crippen molar-refractivity contribution in [1.29, 1.82) is 0 Å². The minimum atomic E-state index is -0.715. The molecule has 0 aliphatic heterocycles. The number of rotatable bonds is 9. The van der Waals surface area contributed by atoms with Crippen molar-refractivity contribution in [2.24, 2.45) is 0 Å². The molecule has 0 aliphatic rings. The number of anilines is 2. The van der Waals surface area contributed by atoms with Crippen LogP contribution < -0.4 is 10.6 Å². The van der Waals surface area contributed by atoms with Gasteiger partial charge in [-0.2, -0.15) is 6.92 Å². The fourth-order valence-electron chi connectivity index (χ4n) is 3.91. The molecule has 0 aromatic heterocycles. The molecule has 39 heavy (non-hydrogen) atoms. The van der Waals surface area contributed by atoms with Crippen LogP contribution in [0.15, 0.2) is 0 Å². The van der Waals surface area contributed by atoms with Gasteiger partial charge >= 0.3 is 0 Å². The van der Waals surface area contributed by atoms with Crippen LogP contribution in [0.2, 0.25) is 0 Å². The van der Waals surface area contributed by atoms with Gasteiger partial charge in [0.25, 0.3) is 0 Å². The largest absolute Gasteiger partial charge is 0.577 e. The van der Waals surface area contributed by atoms with E-state index in [1.54, 1.807) is 33.9 Å². The smallest absolute Gasteiger partial charge is 0.0606 e. The second-order valence-electron chi connectivity index (χ2n) is 7.98. The first kappa shape index (κ1) is 49.0. The molecule has 0 saturated carbocycles. The maximum Gasteiger partial charge on any atom is 0.0606 e. The number of hydrogen-bond acceptors (Lipinski definition) is 6. The number of ketones is 2. The monoisotopic (exact) mass is 1020 g/mol. The fourth-order valence-corrected chi connectivity index (χ4v) is 3.91. The van der Waals surface area contributed by atoms with E-state index in [9.17, 15) is 19.2 Å². The molecule has 210 valence electrons. The Morgan fingerprint density at radius 1 is 0.564 bits per heavy atom. The fraction of sp³-hybridized carbons (Fsp3) is 0.310. The van der Waals surface area contributed by atoms with Crippen LogP contribution in [0.4, 0.5) is 11.4 Å². The number of hydrogen-bond donors (Lipinski definition) is 2. The van der Waals surface area contributed by atoms with Gasteiger partial charge < -0.3 is 57.3 Å². The molecule has 2 radical (unpaired) electrons. The molecule has 0 amide bonds. The van der Waals surface area contributed by atoms with Gasteiger partial charge in [0.2, 0.25) is 0 Å². The van der Waals surface area contributed by atoms with Gasteiger partial charge in [0.05, 0.1) is 11.6 Å². The van der Waals surface area contributed by atoms with E-state index < -0.39 is 11.6 Å². The van der Waals surface area contributed by atoms with Crippen molar-refractivity contribution in [1.82, 2.24) is 0 Å². The van der Waals surface area contributed by atoms with Gasteiger partial charge in [-0.25, -0.2) is 0 Å². The van der Waals surface area contributed by atoms with Crippen LogP contribution in [0.3, 0.4) is 0 Å². The summed E-state index contributed by atoms with van der Waals surface area (Å²) in [6.45, 7) is 23.3. The SMILES string of the molecule is Cc1c(C)c(C)c(C(=O)[C-]=O)c(N[CH-][CH-]Nc2c(C)c(C)c(C)c(C)c2C(=O)[C-]=O)c1C.[CH2-]C.[CH3-].[W].[W].[Y].[Y]. The molecule has 2 N–H and O–H groups in total. The van der Waals surface area contributed by atoms with Crippen molar-refractivity contribution < 1.29 is 127 Å². The quantitative estimate of drug-likeness (QED) is 0.142. The molecule has 0 heterocycles. The van der Waals surface area contributed by atoms with E-state index in [2.05, 4.69) is 17.6 Å². The summed E-state index contributed by atoms with van der Waals surface area (Å²) >= 11 is 0. The third kappa shape index (κ3) is 11.1. The summed E-state index contributed by atoms with van der Waals surface area (Å²) in [6.07, 6.45) is 2.92. The van der Waals surface area contributed by atoms with Crippen LogP contribution in [0.1, 0.15) is 72.1 Å². The Morgan fingerprint density at radius 3 is 1.03 bits per heavy atom. The average Bonchev–Trinajstić information content (AvgIpc) is 2.85. The van der Waals surface area contributed by atoms with Gasteiger partial charge in [0.15, 0.2) is 0 Å². The average molecular weight is 1020 g/mol. The molecular weight excluding hydrogens is 986 g/mol. The Bertz CT molecular complexity index is 1060. The number of carbonyl (C=O) groups is 2. The molecule has 0 spiro atoms. The molecule has 6 nitrogen and oxygen atoms in total. The van der Waals surface area contributed by atoms with Crippen molar-refractivity contribution in [3.05, 3.63) is 83.1 Å². The zero-order valence-electron chi connectivity index (χ0n) is 24.5. The molecule has 2 aromatic carbocycles. The van der Waals surface area contributed by atoms with Gasteiger partial charge in [0, 0.05) is 120 Å². The van der Waals surface area contributed by atoms with Crippen molar-refractivity contribution in [2.45, 2.75) is 62.3 Å². The maximum absolute atomic E-state index is 12.3. The van der Waals surface area contributed by atoms with Crippen LogP contribution in [0, 0.1) is 82.8 Å². The zero-order chi connectivity index (χ0) is 26.3. The van der Waals surface area contributed by atoms with E-state index in [1.807, 2.05) is 41.5 Å². The van der Waals surface area contributed by atoms with Crippen LogP contribution in [-0.2, 0) is 117 Å². The maximum atomic E-state index is 12.3. The van der Waals surface area contributed by atoms with E-state index in [-0.39, 0.29) is 126 Å². The standard InChI is InChI=1S/C26H28N2O4.C2H5.CH3.2W.2Y/c1-13-15(3)19(7)25(23(17(13)5)21(31)11-29)27-9-10-28-26-20(8)16(4)14(2)18(6)24(26)22(32)12-30;1-2;;;;;/h9-10,27-28H,1-8H3;1H2,2H3;1H3;;;;/q-4;2*-1;;;;. The van der Waals surface area contributed by atoms with Gasteiger partial charge in [0.1, 0.15) is 0 Å². The second kappa shape index (κ2) is 22.8. The van der Waals surface area contributed by atoms with E-state index in [0.717, 1.165) is 44.5 Å². The predicted molar refractivity (Wildman–Crippen MR) is 144 cm³/mol. The Balaban J connectivity index is -0.000000537. The van der Waals surface area contributed by atoms with Crippen LogP contribution in [0.5, 0.6) is 0 Å². The van der Waals surface area contributed by atoms with Crippen molar-refractivity contribution in [3.63, 3.8) is 0 Å². The van der Waals surface area contributed by atoms with Crippen molar-refractivity contribution in [2.75, 3.05) is 10.6 Å². The zero-order valence-corrected chi connectivity index (χ0v) is 36.0. The summed E-state index contributed by atoms with van der Waals surface area (Å²) in [5.74, 6) is -1.43. The molecule has 0 unspecified atom stereocenters. The summed E-state index contributed by atoms with van der Waals surface area (Å²) in [7, 11) is 0. The Labute approximate surface area is 314 Å². The minimum Gasteiger partial charge on any atom is -0.577 e. The Kier molecular flexibility index (Phi) is 28.7. The second-order valence-corrected chi connectivity index (χ2v) is 7.98. The van der Waals surface area contributed by atoms with E-state index in [4.69, 9.17) is 0 Å². The molecule has 0 aliphatic carbocycles. The van der Waals surface area contributed by atoms with E-state index >= 15 is 0 Å². The summed E-state index contributed by atoms with van der Waals surface area (Å²) in [5, 5.41) is 6.19. The van der Waals surface area contributed by atoms with Crippen LogP contribution in [-0.4, -0.2) is 24.1 Å². The summed E-state index contributed by atoms with van der Waals surface area (Å²) < 4.78 is 0. The summed E-state index contributed by atoms with van der Waals surface area (Å²) in [5.41, 5.74) is 8.71. The first-order chi connectivity index (χ1) is 16.0. The summed E-state index contributed by atoms with van der Waals surface area (Å²) in [4.78, 5) is 46.7. The number of Topliss-reactive ketones (excluding diaryl/α,β-unsaturated/α-hetero) is 2. The third-order valence-corrected chi connectivity index (χ3v) is 6.55. The van der Waals surface area contributed by atoms with Gasteiger partial charge in [-0.05, 0) is 63.8 Å². The Morgan fingerprint density at radius 2 is 0.795 bits per heavy atom. The molecule has 0 fully saturated rings. The molecule has 0 saturated heterocycles. The normalized spacial score (nSPS) is 8.87. The molecule has 0 atom stereocenters. The first-order valence-electron chi connectivity index (χ1n) is 10.9. The third-order valence-electron chi connectivity index (χ3n) is 6.55. The van der Waals surface area contributed by atoms with Crippen molar-refractivity contribution >= 4 is 35.5 Å². The molecule has 0 bridgehead atoms. The Hall–Kier alpha value is 0.304. The minimum absolute atomic E-state index is 0. The predicted octanol–water partition coefficient (Wildman–Crippen LogP) is 5.87. The molecular formula is C29H36N2O4W2Y2-6. The number of nitrogens with one attached hydrogen (secondary N) is 2. The van der Waals surface area contributed by atoms with Gasteiger partial charge in [-0.3, -0.25) is 0 Å². The molecule has 2 rings (SSSR count). The van der Waals surface area contributed by atoms with Crippen molar-refractivity contribution in [3.8, 4) is 0 Å².